The van der Waals surface area contributed by atoms with Crippen LogP contribution in [0.1, 0.15) is 88.2 Å². The minimum atomic E-state index is -0.684. The Labute approximate surface area is 305 Å². The second-order valence-electron chi connectivity index (χ2n) is 14.8. The van der Waals surface area contributed by atoms with Crippen molar-refractivity contribution in [1.29, 1.82) is 0 Å². The van der Waals surface area contributed by atoms with E-state index in [2.05, 4.69) is 41.0 Å². The number of methoxy groups -OCH3 is 1. The summed E-state index contributed by atoms with van der Waals surface area (Å²) >= 11 is 0. The van der Waals surface area contributed by atoms with Gasteiger partial charge >= 0.3 is 6.09 Å². The number of H-pyrrole nitrogens is 2. The van der Waals surface area contributed by atoms with Crippen molar-refractivity contribution in [3.8, 4) is 23.1 Å². The molecule has 2 saturated heterocycles. The Balaban J connectivity index is 1.13. The molecule has 4 heterocycles. The van der Waals surface area contributed by atoms with Gasteiger partial charge in [0.1, 0.15) is 17.7 Å². The van der Waals surface area contributed by atoms with Gasteiger partial charge in [-0.15, -0.1) is 0 Å². The minimum Gasteiger partial charge on any atom is -0.453 e. The van der Waals surface area contributed by atoms with E-state index in [1.54, 1.807) is 0 Å². The third-order valence-corrected chi connectivity index (χ3v) is 10.2. The van der Waals surface area contributed by atoms with Crippen molar-refractivity contribution in [3.63, 3.8) is 0 Å². The van der Waals surface area contributed by atoms with E-state index in [9.17, 15) is 14.4 Å². The van der Waals surface area contributed by atoms with Crippen LogP contribution in [-0.2, 0) is 14.3 Å². The van der Waals surface area contributed by atoms with Crippen LogP contribution in [0.2, 0.25) is 0 Å². The van der Waals surface area contributed by atoms with Gasteiger partial charge in [0.2, 0.25) is 11.8 Å². The number of ether oxygens (including phenoxy) is 1. The molecule has 274 valence electrons. The van der Waals surface area contributed by atoms with E-state index in [0.29, 0.717) is 6.54 Å². The monoisotopic (exact) mass is 706 g/mol. The zero-order valence-electron chi connectivity index (χ0n) is 31.2. The summed E-state index contributed by atoms with van der Waals surface area (Å²) in [4.78, 5) is 61.3. The second-order valence-corrected chi connectivity index (χ2v) is 14.8. The maximum atomic E-state index is 13.5. The number of benzene rings is 2. The van der Waals surface area contributed by atoms with Gasteiger partial charge in [0.15, 0.2) is 0 Å². The molecule has 12 nitrogen and oxygen atoms in total. The third kappa shape index (κ3) is 7.70. The number of fused-ring (bicyclic) bond motifs is 1. The molecule has 0 saturated carbocycles. The zero-order valence-corrected chi connectivity index (χ0v) is 31.2. The van der Waals surface area contributed by atoms with E-state index < -0.39 is 12.1 Å². The lowest BCUT2D eigenvalue weighted by Gasteiger charge is -2.33. The van der Waals surface area contributed by atoms with Crippen LogP contribution >= 0.6 is 0 Å². The molecular weight excluding hydrogens is 656 g/mol. The molecule has 0 unspecified atom stereocenters. The van der Waals surface area contributed by atoms with Gasteiger partial charge in [-0.3, -0.25) is 14.5 Å². The fourth-order valence-corrected chi connectivity index (χ4v) is 7.57. The number of amides is 3. The van der Waals surface area contributed by atoms with Crippen molar-refractivity contribution in [2.24, 2.45) is 11.8 Å². The maximum absolute atomic E-state index is 13.5. The maximum Gasteiger partial charge on any atom is 0.407 e. The molecule has 0 bridgehead atoms. The molecular formula is C40H50N8O4. The number of aromatic nitrogens is 4. The summed E-state index contributed by atoms with van der Waals surface area (Å²) < 4.78 is 4.75. The van der Waals surface area contributed by atoms with Crippen LogP contribution < -0.4 is 5.32 Å². The van der Waals surface area contributed by atoms with Gasteiger partial charge < -0.3 is 29.8 Å². The van der Waals surface area contributed by atoms with Crippen molar-refractivity contribution >= 4 is 28.9 Å². The van der Waals surface area contributed by atoms with E-state index in [-0.39, 0.29) is 41.8 Å². The highest BCUT2D eigenvalue weighted by Gasteiger charge is 2.39. The Morgan fingerprint density at radius 2 is 1.50 bits per heavy atom. The molecule has 2 aliphatic heterocycles. The fourth-order valence-electron chi connectivity index (χ4n) is 7.57. The summed E-state index contributed by atoms with van der Waals surface area (Å²) in [5, 5.41) is 2.70. The smallest absolute Gasteiger partial charge is 0.407 e. The highest BCUT2D eigenvalue weighted by Crippen LogP contribution is 2.34. The first-order valence-corrected chi connectivity index (χ1v) is 18.2. The number of carbonyl (C=O) groups excluding carboxylic acids is 3. The standard InChI is InChI=1S/C40H50N8O4/c1-24(2)34(45-40(51)52-7)38(49)47-20-9-11-33(47)37-42-29-19-16-27(22-30(29)43-37)13-12-26-14-17-28(18-15-26)31-23-41-36(44-31)32-10-8-21-48(32)39(50)35(25(3)4)46(5)6/h14-19,22-25,32-35H,8-11,20-21H2,1-7H3,(H,41,44)(H,42,43)(H,45,51)/t32-,33-,34-,35+/m0/s1. The summed E-state index contributed by atoms with van der Waals surface area (Å²) in [5.41, 5.74) is 5.29. The Kier molecular flexibility index (Phi) is 11.0. The first-order valence-electron chi connectivity index (χ1n) is 18.2. The number of hydrogen-bond acceptors (Lipinski definition) is 7. The average Bonchev–Trinajstić information content (AvgIpc) is 3.94. The number of aromatic amines is 2. The number of alkyl carbamates (subject to hydrolysis) is 1. The second kappa shape index (κ2) is 15.6. The highest BCUT2D eigenvalue weighted by atomic mass is 16.5. The van der Waals surface area contributed by atoms with E-state index in [1.807, 2.05) is 91.3 Å². The molecule has 0 spiro atoms. The molecule has 0 radical (unpaired) electrons. The number of nitrogens with zero attached hydrogens (tertiary/aromatic N) is 5. The highest BCUT2D eigenvalue weighted by molar-refractivity contribution is 5.87. The molecule has 2 aliphatic rings. The lowest BCUT2D eigenvalue weighted by atomic mass is 10.0. The zero-order chi connectivity index (χ0) is 37.1. The molecule has 4 atom stereocenters. The predicted octanol–water partition coefficient (Wildman–Crippen LogP) is 5.65. The lowest BCUT2D eigenvalue weighted by Crippen LogP contribution is -2.51. The van der Waals surface area contributed by atoms with Crippen LogP contribution in [0.3, 0.4) is 0 Å². The summed E-state index contributed by atoms with van der Waals surface area (Å²) in [6.45, 7) is 9.33. The molecule has 12 heteroatoms. The van der Waals surface area contributed by atoms with Crippen LogP contribution in [0.4, 0.5) is 4.79 Å². The molecule has 2 aromatic heterocycles. The van der Waals surface area contributed by atoms with Crippen molar-refractivity contribution in [2.75, 3.05) is 34.3 Å². The van der Waals surface area contributed by atoms with Gasteiger partial charge in [-0.1, -0.05) is 51.7 Å². The van der Waals surface area contributed by atoms with E-state index >= 15 is 0 Å². The molecule has 4 aromatic rings. The Morgan fingerprint density at radius 3 is 2.13 bits per heavy atom. The van der Waals surface area contributed by atoms with Crippen LogP contribution in [0.15, 0.2) is 48.7 Å². The van der Waals surface area contributed by atoms with Crippen molar-refractivity contribution < 1.29 is 19.1 Å². The minimum absolute atomic E-state index is 0.0527. The van der Waals surface area contributed by atoms with Gasteiger partial charge in [-0.25, -0.2) is 14.8 Å². The van der Waals surface area contributed by atoms with E-state index in [0.717, 1.165) is 77.3 Å². The van der Waals surface area contributed by atoms with Crippen LogP contribution in [0, 0.1) is 23.7 Å². The Bertz CT molecular complexity index is 1960. The molecule has 3 amide bonds. The predicted molar refractivity (Wildman–Crippen MR) is 200 cm³/mol. The van der Waals surface area contributed by atoms with Gasteiger partial charge in [-0.05, 0) is 87.5 Å². The average molecular weight is 707 g/mol. The van der Waals surface area contributed by atoms with Crippen LogP contribution in [-0.4, -0.2) is 98.9 Å². The molecule has 2 fully saturated rings. The SMILES string of the molecule is COC(=O)N[C@H](C(=O)N1CCC[C@H]1c1nc2ccc(C#Cc3ccc(-c4cnc([C@@H]5CCCN5C(=O)[C@@H](C(C)C)N(C)C)[nH]4)cc3)cc2[nH]1)C(C)C. The van der Waals surface area contributed by atoms with Crippen LogP contribution in [0.5, 0.6) is 0 Å². The summed E-state index contributed by atoms with van der Waals surface area (Å²) in [7, 11) is 5.23. The molecule has 2 aromatic carbocycles. The van der Waals surface area contributed by atoms with Crippen molar-refractivity contribution in [2.45, 2.75) is 77.5 Å². The van der Waals surface area contributed by atoms with Gasteiger partial charge in [0, 0.05) is 24.2 Å². The first kappa shape index (κ1) is 36.6. The van der Waals surface area contributed by atoms with Gasteiger partial charge in [-0.2, -0.15) is 0 Å². The molecule has 52 heavy (non-hydrogen) atoms. The third-order valence-electron chi connectivity index (χ3n) is 10.2. The largest absolute Gasteiger partial charge is 0.453 e. The number of nitrogens with one attached hydrogen (secondary N) is 3. The Morgan fingerprint density at radius 1 is 0.865 bits per heavy atom. The fraction of sp³-hybridized carbons (Fsp3) is 0.475. The lowest BCUT2D eigenvalue weighted by molar-refractivity contribution is -0.138. The van der Waals surface area contributed by atoms with E-state index in [4.69, 9.17) is 14.7 Å². The summed E-state index contributed by atoms with van der Waals surface area (Å²) in [6, 6.07) is 12.8. The number of hydrogen-bond donors (Lipinski definition) is 3. The number of likely N-dealkylation sites (N-methyl/N-ethyl adjacent to an activating group) is 1. The summed E-state index contributed by atoms with van der Waals surface area (Å²) in [6.07, 6.45) is 4.71. The molecule has 0 aliphatic carbocycles. The normalized spacial score (nSPS) is 18.6. The number of carbonyl (C=O) groups is 3. The van der Waals surface area contributed by atoms with Crippen molar-refractivity contribution in [1.82, 2.24) is 40.0 Å². The van der Waals surface area contributed by atoms with Gasteiger partial charge in [0.05, 0.1) is 48.2 Å². The molecule has 3 N–H and O–H groups in total. The van der Waals surface area contributed by atoms with E-state index in [1.165, 1.54) is 7.11 Å². The first-order chi connectivity index (χ1) is 24.9. The summed E-state index contributed by atoms with van der Waals surface area (Å²) in [5.74, 6) is 8.24. The number of rotatable bonds is 9. The molecule has 6 rings (SSSR count). The quantitative estimate of drug-likeness (QED) is 0.191. The topological polar surface area (TPSA) is 140 Å². The van der Waals surface area contributed by atoms with Crippen molar-refractivity contribution in [3.05, 3.63) is 71.4 Å². The Hall–Kier alpha value is -5.15. The van der Waals surface area contributed by atoms with Crippen LogP contribution in [0.25, 0.3) is 22.3 Å². The number of imidazole rings is 2. The van der Waals surface area contributed by atoms with Gasteiger partial charge in [0.25, 0.3) is 0 Å². The number of likely N-dealkylation sites (tertiary alicyclic amines) is 2.